The molecule has 5 nitrogen and oxygen atoms in total. The highest BCUT2D eigenvalue weighted by Gasteiger charge is 2.06. The van der Waals surface area contributed by atoms with E-state index in [2.05, 4.69) is 10.1 Å². The second-order valence-corrected chi connectivity index (χ2v) is 2.65. The molecule has 0 spiro atoms. The van der Waals surface area contributed by atoms with E-state index < -0.39 is 0 Å². The second-order valence-electron chi connectivity index (χ2n) is 2.65. The lowest BCUT2D eigenvalue weighted by Gasteiger charge is -1.97. The average molecular weight is 163 g/mol. The Labute approximate surface area is 69.0 Å². The zero-order valence-corrected chi connectivity index (χ0v) is 6.65. The summed E-state index contributed by atoms with van der Waals surface area (Å²) in [5.74, 6) is 0.413. The summed E-state index contributed by atoms with van der Waals surface area (Å²) in [5, 5.41) is 4.01. The first-order chi connectivity index (χ1) is 5.70. The van der Waals surface area contributed by atoms with Crippen LogP contribution < -0.4 is 11.5 Å². The average Bonchev–Trinajstić information content (AvgIpc) is 2.29. The summed E-state index contributed by atoms with van der Waals surface area (Å²) in [4.78, 5) is 3.85. The first kappa shape index (κ1) is 6.90. The third-order valence-corrected chi connectivity index (χ3v) is 1.79. The van der Waals surface area contributed by atoms with Crippen molar-refractivity contribution in [2.24, 2.45) is 0 Å². The van der Waals surface area contributed by atoms with Crippen LogP contribution in [-0.2, 0) is 0 Å². The van der Waals surface area contributed by atoms with Crippen molar-refractivity contribution in [2.45, 2.75) is 6.92 Å². The predicted molar refractivity (Wildman–Crippen MR) is 46.5 cm³/mol. The first-order valence-corrected chi connectivity index (χ1v) is 3.54. The van der Waals surface area contributed by atoms with E-state index in [1.165, 1.54) is 6.33 Å². The van der Waals surface area contributed by atoms with Crippen LogP contribution in [0, 0.1) is 6.92 Å². The Bertz CT molecular complexity index is 431. The second kappa shape index (κ2) is 2.10. The number of aromatic nitrogens is 3. The molecule has 0 aliphatic carbocycles. The zero-order valence-electron chi connectivity index (χ0n) is 6.65. The van der Waals surface area contributed by atoms with Gasteiger partial charge in [-0.2, -0.15) is 5.10 Å². The Morgan fingerprint density at radius 1 is 1.42 bits per heavy atom. The van der Waals surface area contributed by atoms with Gasteiger partial charge in [0.25, 0.3) is 0 Å². The number of nitrogens with zero attached hydrogens (tertiary/aromatic N) is 3. The molecule has 0 saturated carbocycles. The van der Waals surface area contributed by atoms with Gasteiger partial charge in [-0.05, 0) is 13.0 Å². The summed E-state index contributed by atoms with van der Waals surface area (Å²) in [5.41, 5.74) is 13.6. The summed E-state index contributed by atoms with van der Waals surface area (Å²) in [6.07, 6.45) is 1.41. The highest BCUT2D eigenvalue weighted by Crippen LogP contribution is 2.20. The number of anilines is 2. The van der Waals surface area contributed by atoms with Gasteiger partial charge in [0.05, 0.1) is 5.69 Å². The van der Waals surface area contributed by atoms with Gasteiger partial charge in [-0.25, -0.2) is 9.50 Å². The molecule has 5 heteroatoms. The smallest absolute Gasteiger partial charge is 0.153 e. The maximum Gasteiger partial charge on any atom is 0.153 e. The van der Waals surface area contributed by atoms with E-state index in [9.17, 15) is 0 Å². The van der Waals surface area contributed by atoms with Crippen LogP contribution in [0.15, 0.2) is 12.4 Å². The zero-order chi connectivity index (χ0) is 8.72. The van der Waals surface area contributed by atoms with E-state index in [0.29, 0.717) is 17.0 Å². The number of nitrogen functional groups attached to an aromatic ring is 2. The number of hydrogen-bond acceptors (Lipinski definition) is 4. The van der Waals surface area contributed by atoms with Crippen LogP contribution in [0.4, 0.5) is 11.5 Å². The molecule has 2 rings (SSSR count). The number of nitrogens with two attached hydrogens (primary N) is 2. The maximum absolute atomic E-state index is 5.70. The van der Waals surface area contributed by atoms with Gasteiger partial charge in [0.15, 0.2) is 5.82 Å². The van der Waals surface area contributed by atoms with Crippen molar-refractivity contribution in [1.82, 2.24) is 14.6 Å². The third-order valence-electron chi connectivity index (χ3n) is 1.79. The van der Waals surface area contributed by atoms with Crippen LogP contribution >= 0.6 is 0 Å². The number of aryl methyl sites for hydroxylation is 1. The molecular weight excluding hydrogens is 154 g/mol. The Balaban J connectivity index is 2.99. The van der Waals surface area contributed by atoms with Crippen LogP contribution in [0.3, 0.4) is 0 Å². The monoisotopic (exact) mass is 163 g/mol. The number of rotatable bonds is 0. The normalized spacial score (nSPS) is 10.8. The standard InChI is InChI=1S/C7H9N5/c1-4-2-5(8)6-7(9)10-3-11-12(4)6/h2-3H,8H2,1H3,(H2,9,10,11). The molecule has 4 N–H and O–H groups in total. The van der Waals surface area contributed by atoms with E-state index in [1.54, 1.807) is 4.52 Å². The topological polar surface area (TPSA) is 82.2 Å². The molecule has 0 aliphatic heterocycles. The summed E-state index contributed by atoms with van der Waals surface area (Å²) in [7, 11) is 0. The van der Waals surface area contributed by atoms with Crippen molar-refractivity contribution in [3.8, 4) is 0 Å². The summed E-state index contributed by atoms with van der Waals surface area (Å²) in [6.45, 7) is 1.91. The van der Waals surface area contributed by atoms with E-state index >= 15 is 0 Å². The molecule has 2 heterocycles. The molecule has 0 aromatic carbocycles. The molecule has 0 bridgehead atoms. The molecule has 12 heavy (non-hydrogen) atoms. The number of hydrogen-bond donors (Lipinski definition) is 2. The van der Waals surface area contributed by atoms with Crippen LogP contribution in [-0.4, -0.2) is 14.6 Å². The molecule has 62 valence electrons. The lowest BCUT2D eigenvalue weighted by atomic mass is 10.4. The maximum atomic E-state index is 5.70. The fourth-order valence-electron chi connectivity index (χ4n) is 1.26. The molecule has 0 atom stereocenters. The van der Waals surface area contributed by atoms with Gasteiger partial charge in [-0.3, -0.25) is 0 Å². The van der Waals surface area contributed by atoms with Gasteiger partial charge in [-0.1, -0.05) is 0 Å². The molecule has 0 saturated heterocycles. The highest BCUT2D eigenvalue weighted by atomic mass is 15.3. The lowest BCUT2D eigenvalue weighted by Crippen LogP contribution is -2.00. The Hall–Kier alpha value is -1.78. The fraction of sp³-hybridized carbons (Fsp3) is 0.143. The third kappa shape index (κ3) is 0.730. The first-order valence-electron chi connectivity index (χ1n) is 3.54. The highest BCUT2D eigenvalue weighted by molar-refractivity contribution is 5.81. The summed E-state index contributed by atoms with van der Waals surface area (Å²) in [6, 6.07) is 1.82. The van der Waals surface area contributed by atoms with Gasteiger partial charge in [0, 0.05) is 5.69 Å². The van der Waals surface area contributed by atoms with Crippen LogP contribution in [0.5, 0.6) is 0 Å². The van der Waals surface area contributed by atoms with E-state index in [-0.39, 0.29) is 0 Å². The SMILES string of the molecule is Cc1cc(N)c2c(N)ncnn12. The Morgan fingerprint density at radius 2 is 2.17 bits per heavy atom. The van der Waals surface area contributed by atoms with Crippen molar-refractivity contribution >= 4 is 17.0 Å². The van der Waals surface area contributed by atoms with Crippen molar-refractivity contribution in [3.63, 3.8) is 0 Å². The minimum absolute atomic E-state index is 0.413. The quantitative estimate of drug-likeness (QED) is 0.581. The summed E-state index contributed by atoms with van der Waals surface area (Å²) >= 11 is 0. The van der Waals surface area contributed by atoms with Crippen molar-refractivity contribution in [2.75, 3.05) is 11.5 Å². The number of fused-ring (bicyclic) bond motifs is 1. The van der Waals surface area contributed by atoms with Gasteiger partial charge in [0.1, 0.15) is 11.8 Å². The van der Waals surface area contributed by atoms with Gasteiger partial charge in [0.2, 0.25) is 0 Å². The lowest BCUT2D eigenvalue weighted by molar-refractivity contribution is 0.875. The molecule has 0 aliphatic rings. The van der Waals surface area contributed by atoms with Gasteiger partial charge >= 0.3 is 0 Å². The molecule has 0 unspecified atom stereocenters. The van der Waals surface area contributed by atoms with Gasteiger partial charge < -0.3 is 11.5 Å². The Morgan fingerprint density at radius 3 is 2.83 bits per heavy atom. The molecular formula is C7H9N5. The van der Waals surface area contributed by atoms with Crippen molar-refractivity contribution in [3.05, 3.63) is 18.1 Å². The fourth-order valence-corrected chi connectivity index (χ4v) is 1.26. The van der Waals surface area contributed by atoms with E-state index in [4.69, 9.17) is 11.5 Å². The minimum atomic E-state index is 0.413. The molecule has 0 amide bonds. The van der Waals surface area contributed by atoms with Crippen LogP contribution in [0.2, 0.25) is 0 Å². The van der Waals surface area contributed by atoms with Gasteiger partial charge in [-0.15, -0.1) is 0 Å². The molecule has 0 fully saturated rings. The molecule has 2 aromatic rings. The largest absolute Gasteiger partial charge is 0.397 e. The van der Waals surface area contributed by atoms with Crippen LogP contribution in [0.1, 0.15) is 5.69 Å². The van der Waals surface area contributed by atoms with Crippen molar-refractivity contribution < 1.29 is 0 Å². The van der Waals surface area contributed by atoms with E-state index in [1.807, 2.05) is 13.0 Å². The summed E-state index contributed by atoms with van der Waals surface area (Å²) < 4.78 is 1.68. The minimum Gasteiger partial charge on any atom is -0.397 e. The molecule has 2 aromatic heterocycles. The van der Waals surface area contributed by atoms with Crippen molar-refractivity contribution in [1.29, 1.82) is 0 Å². The van der Waals surface area contributed by atoms with E-state index in [0.717, 1.165) is 5.69 Å². The predicted octanol–water partition coefficient (Wildman–Crippen LogP) is 0.202. The van der Waals surface area contributed by atoms with Crippen LogP contribution in [0.25, 0.3) is 5.52 Å². The Kier molecular flexibility index (Phi) is 1.21. The molecule has 0 radical (unpaired) electrons.